The van der Waals surface area contributed by atoms with Gasteiger partial charge in [0.2, 0.25) is 0 Å². The Bertz CT molecular complexity index is 976. The van der Waals surface area contributed by atoms with Crippen LogP contribution in [0.25, 0.3) is 0 Å². The predicted molar refractivity (Wildman–Crippen MR) is 135 cm³/mol. The van der Waals surface area contributed by atoms with Crippen molar-refractivity contribution in [3.05, 3.63) is 57.6 Å². The van der Waals surface area contributed by atoms with E-state index < -0.39 is 0 Å². The van der Waals surface area contributed by atoms with Gasteiger partial charge >= 0.3 is 0 Å². The molecule has 0 aromatic heterocycles. The van der Waals surface area contributed by atoms with E-state index in [1.165, 1.54) is 22.3 Å². The predicted octanol–water partition coefficient (Wildman–Crippen LogP) is 7.20. The van der Waals surface area contributed by atoms with Crippen molar-refractivity contribution in [3.8, 4) is 11.5 Å². The zero-order valence-electron chi connectivity index (χ0n) is 22.1. The monoisotopic (exact) mass is 437 g/mol. The highest BCUT2D eigenvalue weighted by atomic mass is 16.5. The van der Waals surface area contributed by atoms with Crippen molar-refractivity contribution in [2.24, 2.45) is 0 Å². The normalized spacial score (nSPS) is 15.7. The van der Waals surface area contributed by atoms with Crippen LogP contribution >= 0.6 is 0 Å². The summed E-state index contributed by atoms with van der Waals surface area (Å²) in [6.07, 6.45) is 0. The van der Waals surface area contributed by atoms with Gasteiger partial charge in [-0.1, -0.05) is 80.5 Å². The summed E-state index contributed by atoms with van der Waals surface area (Å²) < 4.78 is 6.12. The van der Waals surface area contributed by atoms with Crippen molar-refractivity contribution in [2.45, 2.75) is 111 Å². The van der Waals surface area contributed by atoms with E-state index in [0.29, 0.717) is 5.75 Å². The van der Waals surface area contributed by atoms with Crippen LogP contribution in [0, 0.1) is 0 Å². The van der Waals surface area contributed by atoms with Crippen LogP contribution in [-0.2, 0) is 34.9 Å². The second-order valence-electron chi connectivity index (χ2n) is 13.0. The molecule has 0 amide bonds. The largest absolute Gasteiger partial charge is 0.507 e. The van der Waals surface area contributed by atoms with Gasteiger partial charge in [0.25, 0.3) is 0 Å². The molecule has 1 aliphatic rings. The summed E-state index contributed by atoms with van der Waals surface area (Å²) >= 11 is 0. The van der Waals surface area contributed by atoms with Crippen LogP contribution in [0.4, 0.5) is 0 Å². The van der Waals surface area contributed by atoms with Gasteiger partial charge in [0.05, 0.1) is 0 Å². The molecular weight excluding hydrogens is 394 g/mol. The standard InChI is InChI=1S/C29H43NO2/c1-26(2,3)20-12-18(13-21(24(20)31)27(4,5)6)16-30-17-19-14-22(28(7,8)9)25-23(15-19)29(10,11)32-25/h12-15,30-31H,16-17H2,1-11H3. The van der Waals surface area contributed by atoms with Crippen LogP contribution < -0.4 is 10.1 Å². The summed E-state index contributed by atoms with van der Waals surface area (Å²) in [5.41, 5.74) is 6.69. The number of hydrogen-bond acceptors (Lipinski definition) is 3. The van der Waals surface area contributed by atoms with Crippen LogP contribution in [0.15, 0.2) is 24.3 Å². The van der Waals surface area contributed by atoms with Gasteiger partial charge in [0.1, 0.15) is 17.1 Å². The van der Waals surface area contributed by atoms with Crippen molar-refractivity contribution in [3.63, 3.8) is 0 Å². The maximum atomic E-state index is 11.0. The maximum Gasteiger partial charge on any atom is 0.132 e. The molecule has 2 aromatic carbocycles. The Labute approximate surface area is 195 Å². The molecule has 0 saturated heterocycles. The Balaban J connectivity index is 1.87. The second kappa shape index (κ2) is 7.80. The van der Waals surface area contributed by atoms with Gasteiger partial charge in [-0.05, 0) is 58.4 Å². The minimum atomic E-state index is -0.217. The van der Waals surface area contributed by atoms with Gasteiger partial charge in [0, 0.05) is 24.2 Å². The van der Waals surface area contributed by atoms with Crippen molar-refractivity contribution < 1.29 is 9.84 Å². The van der Waals surface area contributed by atoms with Crippen molar-refractivity contribution in [2.75, 3.05) is 0 Å². The third-order valence-electron chi connectivity index (χ3n) is 6.41. The number of aromatic hydroxyl groups is 1. The molecule has 2 N–H and O–H groups in total. The first kappa shape index (κ1) is 24.6. The quantitative estimate of drug-likeness (QED) is 0.531. The Morgan fingerprint density at radius 1 is 0.719 bits per heavy atom. The van der Waals surface area contributed by atoms with E-state index in [1.54, 1.807) is 0 Å². The van der Waals surface area contributed by atoms with Crippen LogP contribution in [-0.4, -0.2) is 5.11 Å². The van der Waals surface area contributed by atoms with Gasteiger partial charge < -0.3 is 15.2 Å². The molecule has 2 aromatic rings. The summed E-state index contributed by atoms with van der Waals surface area (Å²) in [6.45, 7) is 25.5. The fourth-order valence-electron chi connectivity index (χ4n) is 4.46. The Kier molecular flexibility index (Phi) is 6.00. The summed E-state index contributed by atoms with van der Waals surface area (Å²) in [4.78, 5) is 0. The first-order chi connectivity index (χ1) is 14.4. The van der Waals surface area contributed by atoms with E-state index in [1.807, 2.05) is 0 Å². The molecule has 0 spiro atoms. The van der Waals surface area contributed by atoms with Gasteiger partial charge in [0.15, 0.2) is 0 Å². The number of nitrogens with one attached hydrogen (secondary N) is 1. The SMILES string of the molecule is CC(C)(C)c1cc(CNCc2cc(C(C)(C)C)c3c(c2)C(C)(C)O3)cc(C(C)(C)C)c1O. The Morgan fingerprint density at radius 2 is 1.12 bits per heavy atom. The molecule has 0 atom stereocenters. The number of hydrogen-bond donors (Lipinski definition) is 2. The maximum absolute atomic E-state index is 11.0. The fraction of sp³-hybridized carbons (Fsp3) is 0.586. The smallest absolute Gasteiger partial charge is 0.132 e. The van der Waals surface area contributed by atoms with E-state index in [0.717, 1.165) is 30.0 Å². The minimum Gasteiger partial charge on any atom is -0.507 e. The first-order valence-corrected chi connectivity index (χ1v) is 11.9. The molecule has 3 nitrogen and oxygen atoms in total. The number of rotatable bonds is 4. The second-order valence-corrected chi connectivity index (χ2v) is 13.0. The van der Waals surface area contributed by atoms with Crippen molar-refractivity contribution in [1.29, 1.82) is 0 Å². The van der Waals surface area contributed by atoms with Gasteiger partial charge in [-0.15, -0.1) is 0 Å². The highest BCUT2D eigenvalue weighted by Crippen LogP contribution is 2.49. The Hall–Kier alpha value is -2.00. The van der Waals surface area contributed by atoms with E-state index in [2.05, 4.69) is 106 Å². The van der Waals surface area contributed by atoms with Crippen molar-refractivity contribution in [1.82, 2.24) is 5.32 Å². The summed E-state index contributed by atoms with van der Waals surface area (Å²) in [7, 11) is 0. The van der Waals surface area contributed by atoms with Crippen LogP contribution in [0.5, 0.6) is 11.5 Å². The zero-order valence-corrected chi connectivity index (χ0v) is 22.1. The lowest BCUT2D eigenvalue weighted by atomic mass is 9.78. The molecule has 0 fully saturated rings. The zero-order chi connectivity index (χ0) is 24.3. The molecule has 1 aliphatic heterocycles. The van der Waals surface area contributed by atoms with Gasteiger partial charge in [-0.3, -0.25) is 0 Å². The number of benzene rings is 2. The number of phenols is 1. The molecule has 0 bridgehead atoms. The van der Waals surface area contributed by atoms with Crippen LogP contribution in [0.1, 0.15) is 110 Å². The summed E-state index contributed by atoms with van der Waals surface area (Å²) in [6, 6.07) is 8.90. The molecule has 3 rings (SSSR count). The van der Waals surface area contributed by atoms with Gasteiger partial charge in [-0.25, -0.2) is 0 Å². The van der Waals surface area contributed by atoms with E-state index in [4.69, 9.17) is 4.74 Å². The van der Waals surface area contributed by atoms with Crippen molar-refractivity contribution >= 4 is 0 Å². The average molecular weight is 438 g/mol. The minimum absolute atomic E-state index is 0.0385. The molecule has 32 heavy (non-hydrogen) atoms. The number of phenolic OH excluding ortho intramolecular Hbond substituents is 1. The van der Waals surface area contributed by atoms with E-state index in [9.17, 15) is 5.11 Å². The molecule has 3 heteroatoms. The van der Waals surface area contributed by atoms with E-state index in [-0.39, 0.29) is 21.8 Å². The van der Waals surface area contributed by atoms with Gasteiger partial charge in [-0.2, -0.15) is 0 Å². The molecule has 176 valence electrons. The fourth-order valence-corrected chi connectivity index (χ4v) is 4.46. The third kappa shape index (κ3) is 4.83. The van der Waals surface area contributed by atoms with Crippen LogP contribution in [0.2, 0.25) is 0 Å². The highest BCUT2D eigenvalue weighted by Gasteiger charge is 2.40. The summed E-state index contributed by atoms with van der Waals surface area (Å²) in [5, 5.41) is 14.6. The molecule has 0 unspecified atom stereocenters. The molecule has 0 aliphatic carbocycles. The molecular formula is C29H43NO2. The molecule has 0 saturated carbocycles. The first-order valence-electron chi connectivity index (χ1n) is 11.9. The highest BCUT2D eigenvalue weighted by molar-refractivity contribution is 5.55. The average Bonchev–Trinajstić information content (AvgIpc) is 2.60. The lowest BCUT2D eigenvalue weighted by molar-refractivity contribution is 0.0483. The lowest BCUT2D eigenvalue weighted by Gasteiger charge is -2.42. The Morgan fingerprint density at radius 3 is 1.53 bits per heavy atom. The topological polar surface area (TPSA) is 41.5 Å². The van der Waals surface area contributed by atoms with Crippen LogP contribution in [0.3, 0.4) is 0 Å². The molecule has 1 heterocycles. The number of fused-ring (bicyclic) bond motifs is 1. The van der Waals surface area contributed by atoms with E-state index >= 15 is 0 Å². The number of ether oxygens (including phenoxy) is 1. The lowest BCUT2D eigenvalue weighted by Crippen LogP contribution is -2.37. The third-order valence-corrected chi connectivity index (χ3v) is 6.41. The summed E-state index contributed by atoms with van der Waals surface area (Å²) in [5.74, 6) is 1.50. The molecule has 0 radical (unpaired) electrons.